The largest absolute Gasteiger partial charge is 0.454 e. The summed E-state index contributed by atoms with van der Waals surface area (Å²) in [6.45, 7) is 1.54. The van der Waals surface area contributed by atoms with E-state index in [-0.39, 0.29) is 29.4 Å². The predicted octanol–water partition coefficient (Wildman–Crippen LogP) is 7.45. The highest BCUT2D eigenvalue weighted by atomic mass is 16.5. The number of aryl methyl sites for hydroxylation is 1. The quantitative estimate of drug-likeness (QED) is 0.107. The van der Waals surface area contributed by atoms with Gasteiger partial charge in [0.05, 0.1) is 34.3 Å². The van der Waals surface area contributed by atoms with E-state index in [4.69, 9.17) is 9.72 Å². The van der Waals surface area contributed by atoms with Crippen LogP contribution in [-0.2, 0) is 14.3 Å². The van der Waals surface area contributed by atoms with Crippen LogP contribution in [0.1, 0.15) is 45.5 Å². The second-order valence-electron chi connectivity index (χ2n) is 13.0. The van der Waals surface area contributed by atoms with Gasteiger partial charge in [0.15, 0.2) is 12.4 Å². The molecule has 0 spiro atoms. The maximum atomic E-state index is 13.5. The Balaban J connectivity index is 1.03. The maximum Gasteiger partial charge on any atom is 0.339 e. The molecule has 5 aromatic rings. The third-order valence-corrected chi connectivity index (χ3v) is 10.2. The molecule has 4 aromatic carbocycles. The fourth-order valence-electron chi connectivity index (χ4n) is 7.87. The lowest BCUT2D eigenvalue weighted by atomic mass is 9.81. The molecule has 2 aliphatic carbocycles. The molecule has 0 N–H and O–H groups in total. The van der Waals surface area contributed by atoms with E-state index in [1.807, 2.05) is 79.7 Å². The number of benzene rings is 4. The van der Waals surface area contributed by atoms with Crippen LogP contribution in [0.2, 0.25) is 0 Å². The Bertz CT molecular complexity index is 2040. The second kappa shape index (κ2) is 11.4. The minimum absolute atomic E-state index is 0.0779. The minimum Gasteiger partial charge on any atom is -0.454 e. The number of ether oxygens (including phenoxy) is 1. The van der Waals surface area contributed by atoms with Gasteiger partial charge in [-0.1, -0.05) is 78.4 Å². The summed E-state index contributed by atoms with van der Waals surface area (Å²) in [6.07, 6.45) is 3.06. The number of nitrogens with zero attached hydrogens (tertiary/aromatic N) is 2. The summed E-state index contributed by atoms with van der Waals surface area (Å²) in [6, 6.07) is 31.6. The summed E-state index contributed by atoms with van der Waals surface area (Å²) in [5, 5.41) is 0.629. The van der Waals surface area contributed by atoms with Gasteiger partial charge in [-0.3, -0.25) is 19.3 Å². The summed E-state index contributed by atoms with van der Waals surface area (Å²) >= 11 is 0. The third-order valence-electron chi connectivity index (χ3n) is 10.2. The first-order chi connectivity index (χ1) is 22.9. The van der Waals surface area contributed by atoms with Crippen molar-refractivity contribution in [1.82, 2.24) is 4.98 Å². The van der Waals surface area contributed by atoms with Gasteiger partial charge in [0.1, 0.15) is 0 Å². The van der Waals surface area contributed by atoms with Gasteiger partial charge < -0.3 is 4.74 Å². The summed E-state index contributed by atoms with van der Waals surface area (Å²) < 4.78 is 5.57. The van der Waals surface area contributed by atoms with Gasteiger partial charge in [0.25, 0.3) is 0 Å². The van der Waals surface area contributed by atoms with Crippen LogP contribution in [0.3, 0.4) is 0 Å². The van der Waals surface area contributed by atoms with E-state index in [0.29, 0.717) is 45.2 Å². The van der Waals surface area contributed by atoms with Crippen molar-refractivity contribution in [2.75, 3.05) is 11.5 Å². The molecule has 1 aliphatic heterocycles. The number of pyridine rings is 1. The van der Waals surface area contributed by atoms with Crippen molar-refractivity contribution in [3.05, 3.63) is 120 Å². The average molecular weight is 621 g/mol. The number of aromatic nitrogens is 1. The molecule has 2 amide bonds. The first-order valence-corrected chi connectivity index (χ1v) is 16.1. The van der Waals surface area contributed by atoms with Crippen molar-refractivity contribution < 1.29 is 23.9 Å². The van der Waals surface area contributed by atoms with E-state index in [1.54, 1.807) is 30.3 Å². The van der Waals surface area contributed by atoms with Gasteiger partial charge in [0.2, 0.25) is 11.8 Å². The normalized spacial score (nSPS) is 21.3. The van der Waals surface area contributed by atoms with Crippen molar-refractivity contribution in [1.29, 1.82) is 0 Å². The van der Waals surface area contributed by atoms with Crippen LogP contribution in [0.25, 0.3) is 33.3 Å². The van der Waals surface area contributed by atoms with Crippen molar-refractivity contribution in [2.24, 2.45) is 23.7 Å². The van der Waals surface area contributed by atoms with Crippen molar-refractivity contribution in [2.45, 2.75) is 26.2 Å². The van der Waals surface area contributed by atoms with E-state index in [9.17, 15) is 19.2 Å². The molecule has 4 unspecified atom stereocenters. The van der Waals surface area contributed by atoms with Gasteiger partial charge >= 0.3 is 5.97 Å². The van der Waals surface area contributed by atoms with Gasteiger partial charge in [0, 0.05) is 16.5 Å². The molecule has 4 atom stereocenters. The maximum absolute atomic E-state index is 13.5. The molecule has 8 rings (SSSR count). The monoisotopic (exact) mass is 620 g/mol. The third kappa shape index (κ3) is 5.03. The lowest BCUT2D eigenvalue weighted by Gasteiger charge is -2.19. The van der Waals surface area contributed by atoms with E-state index in [0.717, 1.165) is 41.5 Å². The highest BCUT2D eigenvalue weighted by Gasteiger charge is 2.61. The molecule has 2 bridgehead atoms. The van der Waals surface area contributed by atoms with E-state index < -0.39 is 12.6 Å². The number of hydrogen-bond donors (Lipinski definition) is 0. The predicted molar refractivity (Wildman–Crippen MR) is 179 cm³/mol. The molecule has 0 radical (unpaired) electrons. The molecule has 47 heavy (non-hydrogen) atoms. The number of anilines is 1. The van der Waals surface area contributed by atoms with Crippen LogP contribution >= 0.6 is 0 Å². The van der Waals surface area contributed by atoms with E-state index in [2.05, 4.69) is 0 Å². The first kappa shape index (κ1) is 29.0. The van der Waals surface area contributed by atoms with Crippen LogP contribution in [0.4, 0.5) is 5.69 Å². The smallest absolute Gasteiger partial charge is 0.339 e. The summed E-state index contributed by atoms with van der Waals surface area (Å²) in [5.74, 6) is -0.788. The first-order valence-electron chi connectivity index (χ1n) is 16.1. The summed E-state index contributed by atoms with van der Waals surface area (Å²) in [4.78, 5) is 59.3. The zero-order chi connectivity index (χ0) is 32.2. The van der Waals surface area contributed by atoms with Gasteiger partial charge in [-0.2, -0.15) is 0 Å². The van der Waals surface area contributed by atoms with Crippen molar-refractivity contribution >= 4 is 40.2 Å². The zero-order valence-electron chi connectivity index (χ0n) is 25.9. The molecule has 7 heteroatoms. The van der Waals surface area contributed by atoms with Crippen LogP contribution in [0, 0.1) is 30.6 Å². The number of rotatable bonds is 7. The fourth-order valence-corrected chi connectivity index (χ4v) is 7.87. The number of hydrogen-bond acceptors (Lipinski definition) is 6. The molecule has 2 heterocycles. The summed E-state index contributed by atoms with van der Waals surface area (Å²) in [5.41, 5.74) is 6.19. The van der Waals surface area contributed by atoms with E-state index >= 15 is 0 Å². The summed E-state index contributed by atoms with van der Waals surface area (Å²) in [7, 11) is 0. The van der Waals surface area contributed by atoms with E-state index in [1.165, 1.54) is 4.90 Å². The Morgan fingerprint density at radius 3 is 2.09 bits per heavy atom. The molecule has 3 fully saturated rings. The lowest BCUT2D eigenvalue weighted by Crippen LogP contribution is -2.32. The lowest BCUT2D eigenvalue weighted by molar-refractivity contribution is -0.123. The molecule has 1 aromatic heterocycles. The Kier molecular flexibility index (Phi) is 7.05. The number of imide groups is 1. The number of fused-ring (bicyclic) bond motifs is 6. The SMILES string of the molecule is Cc1ccc2nc(-c3ccc(N4C(=O)C5C6CCC(C6)C5C4=O)cc3)cc(C(=O)OCC(=O)c3ccc(-c4ccccc4)cc3)c2c1. The fraction of sp³-hybridized carbons (Fsp3) is 0.225. The molecule has 1 saturated heterocycles. The number of carbonyl (C=O) groups excluding carboxylic acids is 4. The average Bonchev–Trinajstić information content (AvgIpc) is 3.80. The Labute approximate surface area is 272 Å². The van der Waals surface area contributed by atoms with Crippen molar-refractivity contribution in [3.8, 4) is 22.4 Å². The Hall–Kier alpha value is -5.43. The van der Waals surface area contributed by atoms with Crippen LogP contribution in [0.15, 0.2) is 103 Å². The van der Waals surface area contributed by atoms with Gasteiger partial charge in [-0.15, -0.1) is 0 Å². The van der Waals surface area contributed by atoms with Crippen LogP contribution < -0.4 is 4.90 Å². The topological polar surface area (TPSA) is 93.6 Å². The Morgan fingerprint density at radius 1 is 0.766 bits per heavy atom. The highest BCUT2D eigenvalue weighted by Crippen LogP contribution is 2.56. The van der Waals surface area contributed by atoms with Crippen LogP contribution in [-0.4, -0.2) is 35.2 Å². The number of Topliss-reactive ketones (excluding diaryl/α,β-unsaturated/α-hetero) is 1. The number of amides is 2. The number of esters is 1. The van der Waals surface area contributed by atoms with Crippen LogP contribution in [0.5, 0.6) is 0 Å². The van der Waals surface area contributed by atoms with Gasteiger partial charge in [-0.25, -0.2) is 9.78 Å². The number of carbonyl (C=O) groups is 4. The second-order valence-corrected chi connectivity index (χ2v) is 13.0. The molecular formula is C40H32N2O5. The van der Waals surface area contributed by atoms with Gasteiger partial charge in [-0.05, 0) is 79.5 Å². The molecule has 7 nitrogen and oxygen atoms in total. The molecule has 2 saturated carbocycles. The van der Waals surface area contributed by atoms with Crippen molar-refractivity contribution in [3.63, 3.8) is 0 Å². The molecule has 3 aliphatic rings. The Morgan fingerprint density at radius 2 is 1.40 bits per heavy atom. The standard InChI is InChI=1S/C40H32N2O5/c1-23-7-18-33-31(19-23)32(40(46)47-22-35(43)27-10-8-25(9-11-27)24-5-3-2-4-6-24)21-34(41-33)26-14-16-30(17-15-26)42-38(44)36-28-12-13-29(20-28)37(36)39(42)45/h2-11,14-19,21,28-29,36-37H,12-13,20,22H2,1H3. The zero-order valence-corrected chi connectivity index (χ0v) is 25.9. The number of ketones is 1. The minimum atomic E-state index is -0.621. The molecule has 232 valence electrons. The molecular weight excluding hydrogens is 588 g/mol. The highest BCUT2D eigenvalue weighted by molar-refractivity contribution is 6.22.